The van der Waals surface area contributed by atoms with E-state index in [2.05, 4.69) is 5.92 Å². The van der Waals surface area contributed by atoms with Crippen molar-refractivity contribution >= 4 is 5.97 Å². The van der Waals surface area contributed by atoms with Crippen molar-refractivity contribution in [3.63, 3.8) is 0 Å². The Balaban J connectivity index is 2.65. The molecule has 1 saturated heterocycles. The third-order valence-corrected chi connectivity index (χ3v) is 2.35. The summed E-state index contributed by atoms with van der Waals surface area (Å²) in [5, 5.41) is 8.87. The Morgan fingerprint density at radius 3 is 3.00 bits per heavy atom. The van der Waals surface area contributed by atoms with E-state index in [0.717, 1.165) is 13.0 Å². The van der Waals surface area contributed by atoms with Crippen molar-refractivity contribution in [1.82, 2.24) is 4.90 Å². The summed E-state index contributed by atoms with van der Waals surface area (Å²) < 4.78 is 0. The first-order valence-corrected chi connectivity index (χ1v) is 4.07. The Labute approximate surface area is 72.4 Å². The van der Waals surface area contributed by atoms with Gasteiger partial charge in [-0.25, -0.2) is 0 Å². The van der Waals surface area contributed by atoms with Gasteiger partial charge in [-0.1, -0.05) is 12.8 Å². The standard InChI is InChI=1S/C9H13NO2/c1-3-5-10-6-4-7(2)8(10)9(11)12/h1,7-8H,4-6H2,2H3,(H,11,12). The first-order valence-electron chi connectivity index (χ1n) is 4.07. The zero-order chi connectivity index (χ0) is 9.14. The lowest BCUT2D eigenvalue weighted by molar-refractivity contribution is -0.143. The molecule has 0 saturated carbocycles. The monoisotopic (exact) mass is 167 g/mol. The smallest absolute Gasteiger partial charge is 0.321 e. The highest BCUT2D eigenvalue weighted by Gasteiger charge is 2.35. The van der Waals surface area contributed by atoms with E-state index in [1.54, 1.807) is 0 Å². The largest absolute Gasteiger partial charge is 0.480 e. The summed E-state index contributed by atoms with van der Waals surface area (Å²) in [7, 11) is 0. The van der Waals surface area contributed by atoms with Crippen LogP contribution in [-0.4, -0.2) is 35.1 Å². The van der Waals surface area contributed by atoms with Gasteiger partial charge in [0.2, 0.25) is 0 Å². The van der Waals surface area contributed by atoms with E-state index in [1.165, 1.54) is 0 Å². The second-order valence-corrected chi connectivity index (χ2v) is 3.22. The molecule has 3 nitrogen and oxygen atoms in total. The van der Waals surface area contributed by atoms with Crippen LogP contribution in [0, 0.1) is 18.3 Å². The molecule has 1 heterocycles. The quantitative estimate of drug-likeness (QED) is 0.606. The van der Waals surface area contributed by atoms with Crippen molar-refractivity contribution in [2.24, 2.45) is 5.92 Å². The van der Waals surface area contributed by atoms with Crippen LogP contribution < -0.4 is 0 Å². The Hall–Kier alpha value is -1.01. The predicted molar refractivity (Wildman–Crippen MR) is 45.6 cm³/mol. The molecule has 0 aromatic heterocycles. The number of nitrogens with zero attached hydrogens (tertiary/aromatic N) is 1. The highest BCUT2D eigenvalue weighted by atomic mass is 16.4. The molecular formula is C9H13NO2. The molecule has 1 aliphatic rings. The number of likely N-dealkylation sites (tertiary alicyclic amines) is 1. The average Bonchev–Trinajstić information content (AvgIpc) is 2.32. The fraction of sp³-hybridized carbons (Fsp3) is 0.667. The van der Waals surface area contributed by atoms with E-state index < -0.39 is 5.97 Å². The van der Waals surface area contributed by atoms with Gasteiger partial charge < -0.3 is 5.11 Å². The fourth-order valence-corrected chi connectivity index (χ4v) is 1.72. The summed E-state index contributed by atoms with van der Waals surface area (Å²) >= 11 is 0. The minimum atomic E-state index is -0.754. The molecule has 0 aromatic rings. The second-order valence-electron chi connectivity index (χ2n) is 3.22. The summed E-state index contributed by atoms with van der Waals surface area (Å²) in [6.45, 7) is 3.21. The molecule has 2 atom stereocenters. The predicted octanol–water partition coefficient (Wildman–Crippen LogP) is 0.415. The molecule has 2 unspecified atom stereocenters. The van der Waals surface area contributed by atoms with Gasteiger partial charge in [0, 0.05) is 6.54 Å². The molecule has 0 bridgehead atoms. The number of hydrogen-bond acceptors (Lipinski definition) is 2. The summed E-state index contributed by atoms with van der Waals surface area (Å²) in [5.41, 5.74) is 0. The molecule has 1 aliphatic heterocycles. The number of terminal acetylenes is 1. The fourth-order valence-electron chi connectivity index (χ4n) is 1.72. The third kappa shape index (κ3) is 1.59. The van der Waals surface area contributed by atoms with Crippen molar-refractivity contribution < 1.29 is 9.90 Å². The van der Waals surface area contributed by atoms with Crippen LogP contribution in [0.1, 0.15) is 13.3 Å². The zero-order valence-electron chi connectivity index (χ0n) is 7.16. The van der Waals surface area contributed by atoms with E-state index in [0.29, 0.717) is 6.54 Å². The molecule has 12 heavy (non-hydrogen) atoms. The molecule has 0 amide bonds. The van der Waals surface area contributed by atoms with Crippen LogP contribution in [0.4, 0.5) is 0 Å². The van der Waals surface area contributed by atoms with Crippen LogP contribution in [-0.2, 0) is 4.79 Å². The number of aliphatic carboxylic acids is 1. The lowest BCUT2D eigenvalue weighted by atomic mass is 10.0. The van der Waals surface area contributed by atoms with Gasteiger partial charge in [0.05, 0.1) is 6.54 Å². The number of carboxylic acids is 1. The maximum absolute atomic E-state index is 10.8. The normalized spacial score (nSPS) is 30.0. The van der Waals surface area contributed by atoms with Crippen LogP contribution in [0.15, 0.2) is 0 Å². The first kappa shape index (κ1) is 9.08. The first-order chi connectivity index (χ1) is 5.66. The topological polar surface area (TPSA) is 40.5 Å². The van der Waals surface area contributed by atoms with Gasteiger partial charge in [0.15, 0.2) is 0 Å². The van der Waals surface area contributed by atoms with Crippen molar-refractivity contribution in [1.29, 1.82) is 0 Å². The van der Waals surface area contributed by atoms with Crippen molar-refractivity contribution in [3.05, 3.63) is 0 Å². The van der Waals surface area contributed by atoms with Gasteiger partial charge in [-0.15, -0.1) is 6.42 Å². The van der Waals surface area contributed by atoms with Gasteiger partial charge in [-0.05, 0) is 12.3 Å². The van der Waals surface area contributed by atoms with Crippen LogP contribution >= 0.6 is 0 Å². The van der Waals surface area contributed by atoms with E-state index in [9.17, 15) is 4.79 Å². The Morgan fingerprint density at radius 1 is 1.83 bits per heavy atom. The SMILES string of the molecule is C#CCN1CCC(C)C1C(=O)O. The molecule has 1 rings (SSSR count). The van der Waals surface area contributed by atoms with E-state index in [1.807, 2.05) is 11.8 Å². The molecule has 1 fully saturated rings. The number of hydrogen-bond donors (Lipinski definition) is 1. The van der Waals surface area contributed by atoms with Gasteiger partial charge >= 0.3 is 5.97 Å². The molecule has 1 N–H and O–H groups in total. The molecule has 0 aromatic carbocycles. The Bertz CT molecular complexity index is 219. The second kappa shape index (κ2) is 3.59. The third-order valence-electron chi connectivity index (χ3n) is 2.35. The Morgan fingerprint density at radius 2 is 2.50 bits per heavy atom. The summed E-state index contributed by atoms with van der Waals surface area (Å²) in [4.78, 5) is 12.6. The summed E-state index contributed by atoms with van der Waals surface area (Å²) in [5.74, 6) is 1.94. The van der Waals surface area contributed by atoms with Crippen molar-refractivity contribution in [3.8, 4) is 12.3 Å². The molecule has 0 spiro atoms. The molecule has 0 radical (unpaired) electrons. The summed E-state index contributed by atoms with van der Waals surface area (Å²) in [6.07, 6.45) is 6.06. The average molecular weight is 167 g/mol. The minimum absolute atomic E-state index is 0.218. The van der Waals surface area contributed by atoms with Gasteiger partial charge in [-0.2, -0.15) is 0 Å². The number of carbonyl (C=O) groups is 1. The number of rotatable bonds is 2. The molecule has 3 heteroatoms. The summed E-state index contributed by atoms with van der Waals surface area (Å²) in [6, 6.07) is -0.374. The maximum Gasteiger partial charge on any atom is 0.321 e. The van der Waals surface area contributed by atoms with Crippen LogP contribution in [0.3, 0.4) is 0 Å². The molecular weight excluding hydrogens is 154 g/mol. The maximum atomic E-state index is 10.8. The minimum Gasteiger partial charge on any atom is -0.480 e. The van der Waals surface area contributed by atoms with Crippen LogP contribution in [0.25, 0.3) is 0 Å². The Kier molecular flexibility index (Phi) is 2.72. The lowest BCUT2D eigenvalue weighted by Gasteiger charge is -2.20. The highest BCUT2D eigenvalue weighted by molar-refractivity contribution is 5.74. The van der Waals surface area contributed by atoms with Crippen molar-refractivity contribution in [2.75, 3.05) is 13.1 Å². The van der Waals surface area contributed by atoms with E-state index >= 15 is 0 Å². The van der Waals surface area contributed by atoms with Gasteiger partial charge in [-0.3, -0.25) is 9.69 Å². The van der Waals surface area contributed by atoms with E-state index in [-0.39, 0.29) is 12.0 Å². The van der Waals surface area contributed by atoms with Crippen molar-refractivity contribution in [2.45, 2.75) is 19.4 Å². The van der Waals surface area contributed by atoms with Crippen LogP contribution in [0.5, 0.6) is 0 Å². The molecule has 66 valence electrons. The van der Waals surface area contributed by atoms with Crippen LogP contribution in [0.2, 0.25) is 0 Å². The van der Waals surface area contributed by atoms with Gasteiger partial charge in [0.1, 0.15) is 6.04 Å². The van der Waals surface area contributed by atoms with E-state index in [4.69, 9.17) is 11.5 Å². The van der Waals surface area contributed by atoms with Gasteiger partial charge in [0.25, 0.3) is 0 Å². The molecule has 0 aliphatic carbocycles. The zero-order valence-corrected chi connectivity index (χ0v) is 7.16. The lowest BCUT2D eigenvalue weighted by Crippen LogP contribution is -2.39. The number of carboxylic acid groups (broad SMARTS) is 1. The highest BCUT2D eigenvalue weighted by Crippen LogP contribution is 2.23.